The van der Waals surface area contributed by atoms with Gasteiger partial charge >= 0.3 is 6.18 Å². The highest BCUT2D eigenvalue weighted by Gasteiger charge is 2.28. The van der Waals surface area contributed by atoms with E-state index in [-0.39, 0.29) is 35.8 Å². The average molecular weight is 544 g/mol. The summed E-state index contributed by atoms with van der Waals surface area (Å²) in [5, 5.41) is 6.46. The number of benzene rings is 1. The third kappa shape index (κ3) is 10.7. The Morgan fingerprint density at radius 1 is 1.27 bits per heavy atom. The van der Waals surface area contributed by atoms with E-state index in [9.17, 15) is 13.2 Å². The summed E-state index contributed by atoms with van der Waals surface area (Å²) in [4.78, 5) is 6.62. The van der Waals surface area contributed by atoms with E-state index in [0.29, 0.717) is 25.0 Å². The highest BCUT2D eigenvalue weighted by molar-refractivity contribution is 14.0. The molecule has 0 amide bonds. The predicted molar refractivity (Wildman–Crippen MR) is 123 cm³/mol. The van der Waals surface area contributed by atoms with Crippen molar-refractivity contribution in [3.05, 3.63) is 29.8 Å². The van der Waals surface area contributed by atoms with Crippen LogP contribution in [-0.4, -0.2) is 69.6 Å². The summed E-state index contributed by atoms with van der Waals surface area (Å²) in [6.07, 6.45) is -4.24. The first-order valence-electron chi connectivity index (χ1n) is 9.82. The lowest BCUT2D eigenvalue weighted by atomic mass is 10.2. The van der Waals surface area contributed by atoms with Gasteiger partial charge < -0.3 is 20.1 Å². The number of hydrogen-bond acceptors (Lipinski definition) is 4. The third-order valence-corrected chi connectivity index (χ3v) is 4.35. The quantitative estimate of drug-likeness (QED) is 0.299. The lowest BCUT2D eigenvalue weighted by Crippen LogP contribution is -2.50. The Hall–Kier alpha value is -1.27. The predicted octanol–water partition coefficient (Wildman–Crippen LogP) is 3.27. The fourth-order valence-corrected chi connectivity index (χ4v) is 3.07. The third-order valence-electron chi connectivity index (χ3n) is 4.35. The van der Waals surface area contributed by atoms with Crippen LogP contribution in [0.4, 0.5) is 13.2 Å². The van der Waals surface area contributed by atoms with Crippen molar-refractivity contribution in [1.29, 1.82) is 0 Å². The van der Waals surface area contributed by atoms with E-state index < -0.39 is 12.8 Å². The zero-order valence-electron chi connectivity index (χ0n) is 17.7. The molecule has 0 radical (unpaired) electrons. The smallest absolute Gasteiger partial charge is 0.422 e. The monoisotopic (exact) mass is 544 g/mol. The number of aliphatic imine (C=N–C) groups is 1. The van der Waals surface area contributed by atoms with E-state index in [0.717, 1.165) is 31.8 Å². The van der Waals surface area contributed by atoms with Crippen molar-refractivity contribution in [2.75, 3.05) is 46.4 Å². The molecule has 1 saturated heterocycles. The van der Waals surface area contributed by atoms with E-state index in [2.05, 4.69) is 34.4 Å². The van der Waals surface area contributed by atoms with Crippen molar-refractivity contribution in [3.63, 3.8) is 0 Å². The molecule has 0 saturated carbocycles. The van der Waals surface area contributed by atoms with Crippen molar-refractivity contribution < 1.29 is 22.6 Å². The minimum Gasteiger partial charge on any atom is -0.484 e. The molecule has 1 aliphatic heterocycles. The molecule has 1 aromatic rings. The molecule has 172 valence electrons. The summed E-state index contributed by atoms with van der Waals surface area (Å²) in [5.74, 6) is 1.46. The van der Waals surface area contributed by atoms with Crippen molar-refractivity contribution in [2.45, 2.75) is 32.7 Å². The molecule has 0 aromatic heterocycles. The van der Waals surface area contributed by atoms with E-state index in [1.165, 1.54) is 12.1 Å². The van der Waals surface area contributed by atoms with Gasteiger partial charge in [0.25, 0.3) is 0 Å². The molecule has 1 aliphatic rings. The minimum absolute atomic E-state index is 0. The van der Waals surface area contributed by atoms with Crippen LogP contribution in [0.5, 0.6) is 5.75 Å². The second-order valence-corrected chi connectivity index (χ2v) is 7.50. The molecule has 0 aliphatic carbocycles. The molecular weight excluding hydrogens is 512 g/mol. The number of halogens is 4. The second kappa shape index (κ2) is 13.2. The molecule has 6 nitrogen and oxygen atoms in total. The summed E-state index contributed by atoms with van der Waals surface area (Å²) in [6.45, 7) is 7.92. The number of alkyl halides is 3. The normalized spacial score (nSPS) is 18.1. The maximum Gasteiger partial charge on any atom is 0.422 e. The second-order valence-electron chi connectivity index (χ2n) is 7.50. The number of guanidine groups is 1. The van der Waals surface area contributed by atoms with E-state index in [1.807, 2.05) is 0 Å². The number of morpholine rings is 1. The summed E-state index contributed by atoms with van der Waals surface area (Å²) in [6, 6.07) is 6.50. The summed E-state index contributed by atoms with van der Waals surface area (Å²) in [7, 11) is 1.69. The van der Waals surface area contributed by atoms with Crippen molar-refractivity contribution in [3.8, 4) is 5.75 Å². The number of nitrogens with zero attached hydrogens (tertiary/aromatic N) is 2. The highest BCUT2D eigenvalue weighted by atomic mass is 127. The van der Waals surface area contributed by atoms with Crippen LogP contribution in [0.2, 0.25) is 0 Å². The largest absolute Gasteiger partial charge is 0.484 e. The van der Waals surface area contributed by atoms with Gasteiger partial charge in [-0.15, -0.1) is 24.0 Å². The van der Waals surface area contributed by atoms with Gasteiger partial charge in [-0.25, -0.2) is 0 Å². The molecule has 2 N–H and O–H groups in total. The Kier molecular flexibility index (Phi) is 11.8. The Morgan fingerprint density at radius 3 is 2.57 bits per heavy atom. The number of hydrogen-bond donors (Lipinski definition) is 2. The van der Waals surface area contributed by atoms with Crippen LogP contribution < -0.4 is 15.4 Å². The zero-order valence-corrected chi connectivity index (χ0v) is 20.0. The standard InChI is InChI=1S/C20H31F3N4O2.HI/c1-15(2)12-27-8-9-28-18(13-27)11-26-19(24-3)25-10-16-4-6-17(7-5-16)29-14-20(21,22)23;/h4-7,15,18H,8-14H2,1-3H3,(H2,24,25,26);1H. The van der Waals surface area contributed by atoms with Crippen molar-refractivity contribution in [1.82, 2.24) is 15.5 Å². The number of nitrogens with one attached hydrogen (secondary N) is 2. The maximum atomic E-state index is 12.2. The molecule has 1 heterocycles. The van der Waals surface area contributed by atoms with Gasteiger partial charge in [0.2, 0.25) is 0 Å². The van der Waals surface area contributed by atoms with Crippen LogP contribution in [0.3, 0.4) is 0 Å². The average Bonchev–Trinajstić information content (AvgIpc) is 2.66. The minimum atomic E-state index is -4.34. The fourth-order valence-electron chi connectivity index (χ4n) is 3.07. The molecular formula is C20H32F3IN4O2. The lowest BCUT2D eigenvalue weighted by molar-refractivity contribution is -0.153. The summed E-state index contributed by atoms with van der Waals surface area (Å²) in [5.41, 5.74) is 0.907. The summed E-state index contributed by atoms with van der Waals surface area (Å²) < 4.78 is 47.1. The van der Waals surface area contributed by atoms with Crippen LogP contribution in [0, 0.1) is 5.92 Å². The first kappa shape index (κ1) is 26.8. The van der Waals surface area contributed by atoms with Crippen LogP contribution in [0.1, 0.15) is 19.4 Å². The number of rotatable bonds is 8. The fraction of sp³-hybridized carbons (Fsp3) is 0.650. The van der Waals surface area contributed by atoms with Gasteiger partial charge in [0.05, 0.1) is 12.7 Å². The zero-order chi connectivity index (χ0) is 21.3. The van der Waals surface area contributed by atoms with Crippen molar-refractivity contribution in [2.24, 2.45) is 10.9 Å². The van der Waals surface area contributed by atoms with Crippen molar-refractivity contribution >= 4 is 29.9 Å². The van der Waals surface area contributed by atoms with Gasteiger partial charge in [0, 0.05) is 39.8 Å². The van der Waals surface area contributed by atoms with Gasteiger partial charge in [0.1, 0.15) is 5.75 Å². The topological polar surface area (TPSA) is 58.1 Å². The van der Waals surface area contributed by atoms with E-state index >= 15 is 0 Å². The lowest BCUT2D eigenvalue weighted by Gasteiger charge is -2.34. The van der Waals surface area contributed by atoms with Crippen LogP contribution in [0.25, 0.3) is 0 Å². The van der Waals surface area contributed by atoms with Gasteiger partial charge in [0.15, 0.2) is 12.6 Å². The molecule has 2 rings (SSSR count). The van der Waals surface area contributed by atoms with Gasteiger partial charge in [-0.1, -0.05) is 26.0 Å². The van der Waals surface area contributed by atoms with Gasteiger partial charge in [-0.05, 0) is 23.6 Å². The SMILES string of the molecule is CN=C(NCc1ccc(OCC(F)(F)F)cc1)NCC1CN(CC(C)C)CCO1.I. The van der Waals surface area contributed by atoms with Gasteiger partial charge in [-0.2, -0.15) is 13.2 Å². The highest BCUT2D eigenvalue weighted by Crippen LogP contribution is 2.18. The number of ether oxygens (including phenoxy) is 2. The van der Waals surface area contributed by atoms with Crippen LogP contribution in [0.15, 0.2) is 29.3 Å². The molecule has 1 aromatic carbocycles. The Morgan fingerprint density at radius 2 is 1.97 bits per heavy atom. The molecule has 10 heteroatoms. The Balaban J connectivity index is 0.00000450. The molecule has 1 fully saturated rings. The molecule has 0 spiro atoms. The van der Waals surface area contributed by atoms with Crippen LogP contribution >= 0.6 is 24.0 Å². The van der Waals surface area contributed by atoms with Crippen LogP contribution in [-0.2, 0) is 11.3 Å². The molecule has 30 heavy (non-hydrogen) atoms. The summed E-state index contributed by atoms with van der Waals surface area (Å²) >= 11 is 0. The van der Waals surface area contributed by atoms with E-state index in [4.69, 9.17) is 9.47 Å². The molecule has 0 bridgehead atoms. The Bertz CT molecular complexity index is 642. The van der Waals surface area contributed by atoms with Gasteiger partial charge in [-0.3, -0.25) is 9.89 Å². The molecule has 1 unspecified atom stereocenters. The first-order chi connectivity index (χ1) is 13.7. The molecule has 1 atom stereocenters. The maximum absolute atomic E-state index is 12.2. The van der Waals surface area contributed by atoms with E-state index in [1.54, 1.807) is 19.2 Å². The Labute approximate surface area is 193 Å². The first-order valence-corrected chi connectivity index (χ1v) is 9.82.